The van der Waals surface area contributed by atoms with Crippen molar-refractivity contribution >= 4 is 12.0 Å². The second kappa shape index (κ2) is 7.72. The number of piperidine rings is 2. The zero-order valence-electron chi connectivity index (χ0n) is 16.2. The fraction of sp³-hybridized carbons (Fsp3) is 0.700. The summed E-state index contributed by atoms with van der Waals surface area (Å²) in [5.41, 5.74) is -0.506. The van der Waals surface area contributed by atoms with Crippen LogP contribution in [0.3, 0.4) is 0 Å². The number of nitrogens with zero attached hydrogens (tertiary/aromatic N) is 3. The Balaban J connectivity index is 1.52. The minimum absolute atomic E-state index is 0.0978. The molecule has 0 aromatic carbocycles. The second-order valence-corrected chi connectivity index (χ2v) is 8.45. The topological polar surface area (TPSA) is 54.8 Å². The van der Waals surface area contributed by atoms with Gasteiger partial charge in [-0.2, -0.15) is 0 Å². The fourth-order valence-corrected chi connectivity index (χ4v) is 3.90. The third kappa shape index (κ3) is 4.59. The number of carbonyl (C=O) groups excluding carboxylic acids is 2. The van der Waals surface area contributed by atoms with Gasteiger partial charge in [0.1, 0.15) is 5.60 Å². The van der Waals surface area contributed by atoms with E-state index in [1.54, 1.807) is 4.90 Å². The van der Waals surface area contributed by atoms with Crippen molar-refractivity contribution in [2.45, 2.75) is 58.1 Å². The molecule has 3 rings (SSSR count). The zero-order chi connectivity index (χ0) is 18.7. The van der Waals surface area contributed by atoms with Gasteiger partial charge in [0.15, 0.2) is 0 Å². The lowest BCUT2D eigenvalue weighted by atomic mass is 9.95. The van der Waals surface area contributed by atoms with Gasteiger partial charge in [0.25, 0.3) is 0 Å². The van der Waals surface area contributed by atoms with Crippen LogP contribution >= 0.6 is 0 Å². The highest BCUT2D eigenvalue weighted by Crippen LogP contribution is 2.26. The molecule has 0 aliphatic carbocycles. The smallest absolute Gasteiger partial charge is 0.410 e. The van der Waals surface area contributed by atoms with E-state index >= 15 is 0 Å². The summed E-state index contributed by atoms with van der Waals surface area (Å²) in [6, 6.07) is 4.58. The van der Waals surface area contributed by atoms with E-state index in [2.05, 4.69) is 17.0 Å². The van der Waals surface area contributed by atoms with Gasteiger partial charge in [0, 0.05) is 44.6 Å². The van der Waals surface area contributed by atoms with Crippen LogP contribution in [0.5, 0.6) is 0 Å². The lowest BCUT2D eigenvalue weighted by Gasteiger charge is -2.38. The average Bonchev–Trinajstić information content (AvgIpc) is 3.14. The molecule has 0 radical (unpaired) electrons. The van der Waals surface area contributed by atoms with Crippen molar-refractivity contribution in [2.24, 2.45) is 5.92 Å². The number of hydrogen-bond donors (Lipinski definition) is 0. The van der Waals surface area contributed by atoms with E-state index in [0.717, 1.165) is 38.8 Å². The molecular formula is C20H31N3O3. The Hall–Kier alpha value is -1.98. The molecule has 2 saturated heterocycles. The molecule has 2 aliphatic heterocycles. The predicted octanol–water partition coefficient (Wildman–Crippen LogP) is 3.30. The van der Waals surface area contributed by atoms with Crippen LogP contribution in [0.15, 0.2) is 24.5 Å². The van der Waals surface area contributed by atoms with E-state index in [9.17, 15) is 9.59 Å². The molecule has 0 spiro atoms. The van der Waals surface area contributed by atoms with E-state index in [0.29, 0.717) is 19.1 Å². The summed E-state index contributed by atoms with van der Waals surface area (Å²) in [6.07, 6.45) is 7.59. The summed E-state index contributed by atoms with van der Waals surface area (Å²) in [4.78, 5) is 28.9. The van der Waals surface area contributed by atoms with Gasteiger partial charge >= 0.3 is 6.09 Å². The summed E-state index contributed by atoms with van der Waals surface area (Å²) in [7, 11) is 0. The van der Waals surface area contributed by atoms with Crippen LogP contribution in [0.2, 0.25) is 0 Å². The molecule has 3 heterocycles. The van der Waals surface area contributed by atoms with Crippen LogP contribution in [0.1, 0.15) is 52.5 Å². The molecule has 0 bridgehead atoms. The maximum Gasteiger partial charge on any atom is 0.410 e. The molecule has 1 aromatic heterocycles. The van der Waals surface area contributed by atoms with Crippen molar-refractivity contribution in [1.82, 2.24) is 14.4 Å². The number of aromatic nitrogens is 1. The molecule has 0 saturated carbocycles. The van der Waals surface area contributed by atoms with E-state index in [1.807, 2.05) is 37.8 Å². The maximum atomic E-state index is 12.9. The first-order valence-electron chi connectivity index (χ1n) is 9.72. The summed E-state index contributed by atoms with van der Waals surface area (Å²) < 4.78 is 7.71. The van der Waals surface area contributed by atoms with E-state index in [4.69, 9.17) is 4.74 Å². The highest BCUT2D eigenvalue weighted by Gasteiger charge is 2.34. The Bertz CT molecular complexity index is 613. The first-order chi connectivity index (χ1) is 12.3. The van der Waals surface area contributed by atoms with Crippen molar-refractivity contribution in [2.75, 3.05) is 26.2 Å². The summed E-state index contributed by atoms with van der Waals surface area (Å²) in [6.45, 7) is 8.35. The molecule has 6 heteroatoms. The summed E-state index contributed by atoms with van der Waals surface area (Å²) in [5.74, 6) is 0.101. The lowest BCUT2D eigenvalue weighted by molar-refractivity contribution is -0.138. The Morgan fingerprint density at radius 1 is 0.962 bits per heavy atom. The van der Waals surface area contributed by atoms with Gasteiger partial charge in [-0.15, -0.1) is 0 Å². The van der Waals surface area contributed by atoms with Crippen molar-refractivity contribution in [3.63, 3.8) is 0 Å². The molecule has 1 atom stereocenters. The van der Waals surface area contributed by atoms with Crippen LogP contribution in [-0.4, -0.2) is 58.1 Å². The zero-order valence-corrected chi connectivity index (χ0v) is 16.2. The SMILES string of the molecule is CC(C)(C)OC(=O)N1CCCC(C(=O)N2CCC(n3cccc3)CC2)C1. The van der Waals surface area contributed by atoms with Crippen molar-refractivity contribution in [3.05, 3.63) is 24.5 Å². The Kier molecular flexibility index (Phi) is 5.58. The number of ether oxygens (including phenoxy) is 1. The number of hydrogen-bond acceptors (Lipinski definition) is 3. The number of amides is 2. The normalized spacial score (nSPS) is 22.3. The average molecular weight is 361 g/mol. The maximum absolute atomic E-state index is 12.9. The van der Waals surface area contributed by atoms with Gasteiger partial charge in [-0.05, 0) is 58.6 Å². The quantitative estimate of drug-likeness (QED) is 0.812. The third-order valence-electron chi connectivity index (χ3n) is 5.25. The van der Waals surface area contributed by atoms with Gasteiger partial charge < -0.3 is 19.1 Å². The van der Waals surface area contributed by atoms with Crippen LogP contribution in [0.25, 0.3) is 0 Å². The lowest BCUT2D eigenvalue weighted by Crippen LogP contribution is -2.49. The monoisotopic (exact) mass is 361 g/mol. The molecule has 1 aromatic rings. The minimum Gasteiger partial charge on any atom is -0.444 e. The molecule has 2 fully saturated rings. The number of carbonyl (C=O) groups is 2. The van der Waals surface area contributed by atoms with Crippen molar-refractivity contribution < 1.29 is 14.3 Å². The molecule has 26 heavy (non-hydrogen) atoms. The molecule has 1 unspecified atom stereocenters. The Morgan fingerprint density at radius 2 is 1.62 bits per heavy atom. The largest absolute Gasteiger partial charge is 0.444 e. The molecule has 6 nitrogen and oxygen atoms in total. The summed E-state index contributed by atoms with van der Waals surface area (Å²) in [5, 5.41) is 0. The van der Waals surface area contributed by atoms with Gasteiger partial charge in [-0.1, -0.05) is 0 Å². The molecule has 144 valence electrons. The first kappa shape index (κ1) is 18.8. The molecule has 2 aliphatic rings. The highest BCUT2D eigenvalue weighted by molar-refractivity contribution is 5.80. The number of rotatable bonds is 2. The van der Waals surface area contributed by atoms with Gasteiger partial charge in [0.05, 0.1) is 5.92 Å². The van der Waals surface area contributed by atoms with Gasteiger partial charge in [0.2, 0.25) is 5.91 Å². The van der Waals surface area contributed by atoms with Gasteiger partial charge in [-0.3, -0.25) is 4.79 Å². The van der Waals surface area contributed by atoms with E-state index in [-0.39, 0.29) is 17.9 Å². The number of likely N-dealkylation sites (tertiary alicyclic amines) is 2. The Labute approximate surface area is 156 Å². The van der Waals surface area contributed by atoms with E-state index in [1.165, 1.54) is 0 Å². The van der Waals surface area contributed by atoms with Gasteiger partial charge in [-0.25, -0.2) is 4.79 Å². The van der Waals surface area contributed by atoms with Crippen LogP contribution in [0.4, 0.5) is 4.79 Å². The Morgan fingerprint density at radius 3 is 2.23 bits per heavy atom. The predicted molar refractivity (Wildman–Crippen MR) is 99.8 cm³/mol. The van der Waals surface area contributed by atoms with Crippen LogP contribution in [-0.2, 0) is 9.53 Å². The van der Waals surface area contributed by atoms with Crippen LogP contribution < -0.4 is 0 Å². The molecule has 2 amide bonds. The first-order valence-corrected chi connectivity index (χ1v) is 9.72. The molecular weight excluding hydrogens is 330 g/mol. The molecule has 0 N–H and O–H groups in total. The standard InChI is InChI=1S/C20H31N3O3/c1-20(2,3)26-19(25)23-12-6-7-16(15-23)18(24)22-13-8-17(9-14-22)21-10-4-5-11-21/h4-5,10-11,16-17H,6-9,12-15H2,1-3H3. The third-order valence-corrected chi connectivity index (χ3v) is 5.25. The van der Waals surface area contributed by atoms with E-state index < -0.39 is 5.60 Å². The second-order valence-electron chi connectivity index (χ2n) is 8.45. The summed E-state index contributed by atoms with van der Waals surface area (Å²) >= 11 is 0. The van der Waals surface area contributed by atoms with Crippen molar-refractivity contribution in [3.8, 4) is 0 Å². The van der Waals surface area contributed by atoms with Crippen molar-refractivity contribution in [1.29, 1.82) is 0 Å². The fourth-order valence-electron chi connectivity index (χ4n) is 3.90. The minimum atomic E-state index is -0.506. The highest BCUT2D eigenvalue weighted by atomic mass is 16.6. The van der Waals surface area contributed by atoms with Crippen LogP contribution in [0, 0.1) is 5.92 Å².